The molecule has 0 spiro atoms. The number of aliphatic hydroxyl groups is 1. The van der Waals surface area contributed by atoms with Crippen molar-refractivity contribution in [1.29, 1.82) is 0 Å². The van der Waals surface area contributed by atoms with Gasteiger partial charge in [-0.05, 0) is 24.3 Å². The fourth-order valence-electron chi connectivity index (χ4n) is 2.77. The van der Waals surface area contributed by atoms with Gasteiger partial charge in [0.05, 0.1) is 17.2 Å². The molecular formula is C20H20O6. The van der Waals surface area contributed by atoms with E-state index in [9.17, 15) is 14.7 Å². The molecule has 2 unspecified atom stereocenters. The third-order valence-corrected chi connectivity index (χ3v) is 4.03. The van der Waals surface area contributed by atoms with E-state index in [1.54, 1.807) is 48.5 Å². The van der Waals surface area contributed by atoms with E-state index in [1.165, 1.54) is 0 Å². The molecule has 2 aromatic carbocycles. The quantitative estimate of drug-likeness (QED) is 0.829. The van der Waals surface area contributed by atoms with E-state index < -0.39 is 30.4 Å². The van der Waals surface area contributed by atoms with Gasteiger partial charge in [0.25, 0.3) is 0 Å². The van der Waals surface area contributed by atoms with Gasteiger partial charge in [0.15, 0.2) is 6.29 Å². The second kappa shape index (κ2) is 8.60. The van der Waals surface area contributed by atoms with Crippen molar-refractivity contribution in [3.63, 3.8) is 0 Å². The second-order valence-electron chi connectivity index (χ2n) is 6.04. The zero-order chi connectivity index (χ0) is 18.4. The highest BCUT2D eigenvalue weighted by Crippen LogP contribution is 2.22. The number of ether oxygens (including phenoxy) is 3. The fraction of sp³-hybridized carbons (Fsp3) is 0.300. The first-order chi connectivity index (χ1) is 12.6. The molecule has 0 bridgehead atoms. The first kappa shape index (κ1) is 18.1. The van der Waals surface area contributed by atoms with Crippen molar-refractivity contribution >= 4 is 11.9 Å². The largest absolute Gasteiger partial charge is 0.459 e. The Balaban J connectivity index is 1.53. The number of esters is 2. The van der Waals surface area contributed by atoms with E-state index in [0.717, 1.165) is 0 Å². The van der Waals surface area contributed by atoms with Crippen LogP contribution >= 0.6 is 0 Å². The third-order valence-electron chi connectivity index (χ3n) is 4.03. The molecule has 6 heteroatoms. The molecule has 3 atom stereocenters. The summed E-state index contributed by atoms with van der Waals surface area (Å²) >= 11 is 0. The Bertz CT molecular complexity index is 730. The van der Waals surface area contributed by atoms with E-state index in [1.807, 2.05) is 12.1 Å². The van der Waals surface area contributed by atoms with Crippen LogP contribution in [0, 0.1) is 0 Å². The SMILES string of the molecule is O=C(OC[C@@H]1CC(OC(=O)c2ccccc2)CC(O)O1)c1ccccc1. The molecule has 3 rings (SSSR count). The molecule has 0 radical (unpaired) electrons. The van der Waals surface area contributed by atoms with E-state index in [4.69, 9.17) is 14.2 Å². The van der Waals surface area contributed by atoms with Gasteiger partial charge in [-0.2, -0.15) is 0 Å². The van der Waals surface area contributed by atoms with Crippen LogP contribution in [0.3, 0.4) is 0 Å². The lowest BCUT2D eigenvalue weighted by atomic mass is 10.1. The summed E-state index contributed by atoms with van der Waals surface area (Å²) in [4.78, 5) is 24.1. The zero-order valence-corrected chi connectivity index (χ0v) is 14.1. The van der Waals surface area contributed by atoms with Crippen LogP contribution in [-0.4, -0.2) is 42.1 Å². The molecule has 6 nitrogen and oxygen atoms in total. The number of rotatable bonds is 5. The second-order valence-corrected chi connectivity index (χ2v) is 6.04. The Morgan fingerprint density at radius 1 is 0.923 bits per heavy atom. The van der Waals surface area contributed by atoms with Crippen molar-refractivity contribution in [3.8, 4) is 0 Å². The van der Waals surface area contributed by atoms with Gasteiger partial charge in [0.1, 0.15) is 12.7 Å². The van der Waals surface area contributed by atoms with Gasteiger partial charge in [-0.1, -0.05) is 36.4 Å². The average molecular weight is 356 g/mol. The minimum atomic E-state index is -1.07. The highest BCUT2D eigenvalue weighted by molar-refractivity contribution is 5.89. The van der Waals surface area contributed by atoms with E-state index in [2.05, 4.69) is 0 Å². The standard InChI is InChI=1S/C20H20O6/c21-18-12-16(26-20(23)15-9-5-2-6-10-15)11-17(25-18)13-24-19(22)14-7-3-1-4-8-14/h1-10,16-18,21H,11-13H2/t16?,17-,18?/m0/s1. The Morgan fingerprint density at radius 2 is 1.50 bits per heavy atom. The number of carbonyl (C=O) groups is 2. The minimum absolute atomic E-state index is 0.0236. The summed E-state index contributed by atoms with van der Waals surface area (Å²) in [6.07, 6.45) is -1.59. The van der Waals surface area contributed by atoms with Crippen molar-refractivity contribution < 1.29 is 28.9 Å². The molecule has 1 aliphatic rings. The van der Waals surface area contributed by atoms with Crippen LogP contribution in [-0.2, 0) is 14.2 Å². The van der Waals surface area contributed by atoms with Crippen LogP contribution in [0.25, 0.3) is 0 Å². The summed E-state index contributed by atoms with van der Waals surface area (Å²) < 4.78 is 16.1. The van der Waals surface area contributed by atoms with Gasteiger partial charge in [0, 0.05) is 12.8 Å². The zero-order valence-electron chi connectivity index (χ0n) is 14.1. The molecule has 1 saturated heterocycles. The number of benzene rings is 2. The maximum absolute atomic E-state index is 12.1. The lowest BCUT2D eigenvalue weighted by molar-refractivity contribution is -0.197. The monoisotopic (exact) mass is 356 g/mol. The molecule has 0 saturated carbocycles. The molecule has 1 heterocycles. The van der Waals surface area contributed by atoms with Crippen molar-refractivity contribution in [2.45, 2.75) is 31.3 Å². The van der Waals surface area contributed by atoms with Crippen LogP contribution in [0.4, 0.5) is 0 Å². The van der Waals surface area contributed by atoms with Gasteiger partial charge in [-0.15, -0.1) is 0 Å². The molecule has 1 N–H and O–H groups in total. The van der Waals surface area contributed by atoms with Crippen molar-refractivity contribution in [2.75, 3.05) is 6.61 Å². The maximum Gasteiger partial charge on any atom is 0.338 e. The third kappa shape index (κ3) is 4.91. The number of hydrogen-bond donors (Lipinski definition) is 1. The predicted octanol–water partition coefficient (Wildman–Crippen LogP) is 2.57. The number of aliphatic hydroxyl groups excluding tert-OH is 1. The molecule has 0 aromatic heterocycles. The molecule has 0 amide bonds. The van der Waals surface area contributed by atoms with Crippen molar-refractivity contribution in [1.82, 2.24) is 0 Å². The molecule has 1 aliphatic heterocycles. The van der Waals surface area contributed by atoms with Gasteiger partial charge in [-0.3, -0.25) is 0 Å². The van der Waals surface area contributed by atoms with Crippen LogP contribution in [0.5, 0.6) is 0 Å². The van der Waals surface area contributed by atoms with Crippen LogP contribution < -0.4 is 0 Å². The Kier molecular flexibility index (Phi) is 5.99. The summed E-state index contributed by atoms with van der Waals surface area (Å²) in [6.45, 7) is -0.0236. The first-order valence-electron chi connectivity index (χ1n) is 8.43. The number of carbonyl (C=O) groups excluding carboxylic acids is 2. The van der Waals surface area contributed by atoms with Gasteiger partial charge >= 0.3 is 11.9 Å². The lowest BCUT2D eigenvalue weighted by Gasteiger charge is -2.32. The Labute approximate surface area is 151 Å². The Hall–Kier alpha value is -2.70. The maximum atomic E-state index is 12.1. The normalized spacial score (nSPS) is 22.4. The summed E-state index contributed by atoms with van der Waals surface area (Å²) in [5.74, 6) is -0.920. The highest BCUT2D eigenvalue weighted by Gasteiger charge is 2.32. The molecular weight excluding hydrogens is 336 g/mol. The molecule has 26 heavy (non-hydrogen) atoms. The van der Waals surface area contributed by atoms with Crippen molar-refractivity contribution in [2.24, 2.45) is 0 Å². The van der Waals surface area contributed by atoms with Crippen LogP contribution in [0.1, 0.15) is 33.6 Å². The van der Waals surface area contributed by atoms with E-state index in [-0.39, 0.29) is 13.0 Å². The topological polar surface area (TPSA) is 82.1 Å². The average Bonchev–Trinajstić information content (AvgIpc) is 2.67. The summed E-state index contributed by atoms with van der Waals surface area (Å²) in [7, 11) is 0. The molecule has 2 aromatic rings. The van der Waals surface area contributed by atoms with Crippen LogP contribution in [0.15, 0.2) is 60.7 Å². The lowest BCUT2D eigenvalue weighted by Crippen LogP contribution is -2.40. The molecule has 0 aliphatic carbocycles. The smallest absolute Gasteiger partial charge is 0.338 e. The molecule has 136 valence electrons. The van der Waals surface area contributed by atoms with Gasteiger partial charge < -0.3 is 19.3 Å². The van der Waals surface area contributed by atoms with E-state index >= 15 is 0 Å². The van der Waals surface area contributed by atoms with Gasteiger partial charge in [0.2, 0.25) is 0 Å². The number of hydrogen-bond acceptors (Lipinski definition) is 6. The first-order valence-corrected chi connectivity index (χ1v) is 8.43. The summed E-state index contributed by atoms with van der Waals surface area (Å²) in [6, 6.07) is 17.3. The Morgan fingerprint density at radius 3 is 2.12 bits per heavy atom. The summed E-state index contributed by atoms with van der Waals surface area (Å²) in [5.41, 5.74) is 0.886. The fourth-order valence-corrected chi connectivity index (χ4v) is 2.77. The van der Waals surface area contributed by atoms with E-state index in [0.29, 0.717) is 17.5 Å². The van der Waals surface area contributed by atoms with Crippen LogP contribution in [0.2, 0.25) is 0 Å². The molecule has 1 fully saturated rings. The van der Waals surface area contributed by atoms with Gasteiger partial charge in [-0.25, -0.2) is 9.59 Å². The van der Waals surface area contributed by atoms with Crippen molar-refractivity contribution in [3.05, 3.63) is 71.8 Å². The predicted molar refractivity (Wildman–Crippen MR) is 92.5 cm³/mol. The summed E-state index contributed by atoms with van der Waals surface area (Å²) in [5, 5.41) is 9.86. The minimum Gasteiger partial charge on any atom is -0.459 e. The highest BCUT2D eigenvalue weighted by atomic mass is 16.6.